The highest BCUT2D eigenvalue weighted by molar-refractivity contribution is 6.27. The van der Waals surface area contributed by atoms with Crippen LogP contribution in [0.3, 0.4) is 0 Å². The number of nitrogens with zero attached hydrogens (tertiary/aromatic N) is 1. The third kappa shape index (κ3) is 6.95. The predicted octanol–water partition coefficient (Wildman–Crippen LogP) is 2.21. The van der Waals surface area contributed by atoms with Crippen LogP contribution in [0, 0.1) is 5.92 Å². The van der Waals surface area contributed by atoms with E-state index in [0.717, 1.165) is 41.6 Å². The molecule has 1 aromatic heterocycles. The Morgan fingerprint density at radius 2 is 1.88 bits per heavy atom. The number of aromatic nitrogens is 1. The standard InChI is InChI=1S/C23H30ClN5O4/c24-14-21(31)29(11-10-20(25)30)28-23(33)18(12-15-6-2-1-3-7-15)27-22(32)19-13-16-8-4-5-9-17(16)26-19/h4-5,8-9,13,15,18,26H,1-3,6-7,10-12,14H2,(H2,25,30)(H,27,32)(H,28,33)/t18-/m0/s1. The number of aromatic amines is 1. The summed E-state index contributed by atoms with van der Waals surface area (Å²) in [5.74, 6) is -2.19. The van der Waals surface area contributed by atoms with E-state index in [0.29, 0.717) is 18.0 Å². The van der Waals surface area contributed by atoms with E-state index in [-0.39, 0.29) is 18.8 Å². The van der Waals surface area contributed by atoms with Crippen molar-refractivity contribution in [1.82, 2.24) is 20.7 Å². The van der Waals surface area contributed by atoms with E-state index in [4.69, 9.17) is 17.3 Å². The summed E-state index contributed by atoms with van der Waals surface area (Å²) in [6.45, 7) is -0.0985. The predicted molar refractivity (Wildman–Crippen MR) is 125 cm³/mol. The van der Waals surface area contributed by atoms with E-state index in [1.54, 1.807) is 6.07 Å². The van der Waals surface area contributed by atoms with Crippen LogP contribution in [0.5, 0.6) is 0 Å². The van der Waals surface area contributed by atoms with E-state index in [1.807, 2.05) is 24.3 Å². The highest BCUT2D eigenvalue weighted by Gasteiger charge is 2.29. The summed E-state index contributed by atoms with van der Waals surface area (Å²) in [7, 11) is 0. The minimum atomic E-state index is -0.855. The minimum absolute atomic E-state index is 0.0985. The van der Waals surface area contributed by atoms with E-state index < -0.39 is 29.7 Å². The number of halogens is 1. The fourth-order valence-electron chi connectivity index (χ4n) is 4.17. The van der Waals surface area contributed by atoms with Gasteiger partial charge in [-0.05, 0) is 24.5 Å². The third-order valence-electron chi connectivity index (χ3n) is 5.93. The van der Waals surface area contributed by atoms with Gasteiger partial charge in [-0.2, -0.15) is 0 Å². The Hall–Kier alpha value is -3.07. The zero-order valence-corrected chi connectivity index (χ0v) is 19.2. The fraction of sp³-hybridized carbons (Fsp3) is 0.478. The van der Waals surface area contributed by atoms with Gasteiger partial charge in [-0.15, -0.1) is 11.6 Å². The molecule has 2 aromatic rings. The molecule has 0 saturated heterocycles. The van der Waals surface area contributed by atoms with Crippen LogP contribution in [-0.4, -0.2) is 52.1 Å². The molecule has 0 unspecified atom stereocenters. The molecule has 4 amide bonds. The van der Waals surface area contributed by atoms with Crippen molar-refractivity contribution in [2.45, 2.75) is 51.0 Å². The number of hydrogen-bond donors (Lipinski definition) is 4. The highest BCUT2D eigenvalue weighted by Crippen LogP contribution is 2.27. The molecule has 1 fully saturated rings. The molecule has 1 aliphatic rings. The number of H-pyrrole nitrogens is 1. The lowest BCUT2D eigenvalue weighted by Crippen LogP contribution is -2.55. The molecule has 5 N–H and O–H groups in total. The van der Waals surface area contributed by atoms with Crippen molar-refractivity contribution in [3.8, 4) is 0 Å². The van der Waals surface area contributed by atoms with Crippen LogP contribution in [0.1, 0.15) is 55.4 Å². The van der Waals surface area contributed by atoms with Crippen LogP contribution >= 0.6 is 11.6 Å². The van der Waals surface area contributed by atoms with Gasteiger partial charge >= 0.3 is 0 Å². The summed E-state index contributed by atoms with van der Waals surface area (Å²) in [5, 5.41) is 4.70. The van der Waals surface area contributed by atoms with Crippen molar-refractivity contribution >= 4 is 46.1 Å². The molecule has 33 heavy (non-hydrogen) atoms. The van der Waals surface area contributed by atoms with Gasteiger partial charge in [-0.3, -0.25) is 29.6 Å². The van der Waals surface area contributed by atoms with Gasteiger partial charge in [-0.1, -0.05) is 50.3 Å². The third-order valence-corrected chi connectivity index (χ3v) is 6.16. The molecular formula is C23H30ClN5O4. The van der Waals surface area contributed by atoms with Crippen LogP contribution in [0.4, 0.5) is 0 Å². The maximum absolute atomic E-state index is 13.1. The largest absolute Gasteiger partial charge is 0.370 e. The number of hydrogen-bond acceptors (Lipinski definition) is 4. The number of hydrazine groups is 1. The monoisotopic (exact) mass is 475 g/mol. The van der Waals surface area contributed by atoms with Gasteiger partial charge in [0.1, 0.15) is 17.6 Å². The highest BCUT2D eigenvalue weighted by atomic mass is 35.5. The maximum atomic E-state index is 13.1. The molecular weight excluding hydrogens is 446 g/mol. The Balaban J connectivity index is 1.75. The lowest BCUT2D eigenvalue weighted by Gasteiger charge is -2.29. The summed E-state index contributed by atoms with van der Waals surface area (Å²) in [5.41, 5.74) is 8.87. The first-order chi connectivity index (χ1) is 15.9. The van der Waals surface area contributed by atoms with Gasteiger partial charge < -0.3 is 16.0 Å². The van der Waals surface area contributed by atoms with Crippen LogP contribution in [-0.2, 0) is 14.4 Å². The normalized spacial score (nSPS) is 15.1. The molecule has 1 heterocycles. The lowest BCUT2D eigenvalue weighted by atomic mass is 9.84. The van der Waals surface area contributed by atoms with Crippen LogP contribution < -0.4 is 16.5 Å². The Labute approximate surface area is 197 Å². The molecule has 9 nitrogen and oxygen atoms in total. The second-order valence-electron chi connectivity index (χ2n) is 8.41. The van der Waals surface area contributed by atoms with Gasteiger partial charge in [0, 0.05) is 17.3 Å². The number of carbonyl (C=O) groups excluding carboxylic acids is 4. The maximum Gasteiger partial charge on any atom is 0.268 e. The smallest absolute Gasteiger partial charge is 0.268 e. The average Bonchev–Trinajstić information content (AvgIpc) is 3.25. The SMILES string of the molecule is NC(=O)CCN(NC(=O)[C@H](CC1CCCCC1)NC(=O)c1cc2ccccc2[nH]1)C(=O)CCl. The Morgan fingerprint density at radius 1 is 1.15 bits per heavy atom. The van der Waals surface area contributed by atoms with Crippen molar-refractivity contribution in [3.05, 3.63) is 36.0 Å². The number of primary amides is 1. The Kier molecular flexibility index (Phi) is 8.71. The summed E-state index contributed by atoms with van der Waals surface area (Å²) >= 11 is 5.65. The number of fused-ring (bicyclic) bond motifs is 1. The van der Waals surface area contributed by atoms with Crippen molar-refractivity contribution < 1.29 is 19.2 Å². The van der Waals surface area contributed by atoms with Gasteiger partial charge in [0.15, 0.2) is 0 Å². The number of rotatable bonds is 9. The van der Waals surface area contributed by atoms with Crippen LogP contribution in [0.25, 0.3) is 10.9 Å². The average molecular weight is 476 g/mol. The number of amides is 4. The topological polar surface area (TPSA) is 137 Å². The van der Waals surface area contributed by atoms with Gasteiger partial charge in [0.2, 0.25) is 5.91 Å². The Morgan fingerprint density at radius 3 is 2.55 bits per heavy atom. The second-order valence-corrected chi connectivity index (χ2v) is 8.67. The fourth-order valence-corrected chi connectivity index (χ4v) is 4.31. The van der Waals surface area contributed by atoms with Gasteiger partial charge in [0.05, 0.1) is 6.54 Å². The number of benzene rings is 1. The molecule has 3 rings (SSSR count). The first-order valence-corrected chi connectivity index (χ1v) is 11.7. The van der Waals surface area contributed by atoms with Crippen molar-refractivity contribution in [2.75, 3.05) is 12.4 Å². The number of carbonyl (C=O) groups is 4. The van der Waals surface area contributed by atoms with Crippen LogP contribution in [0.15, 0.2) is 30.3 Å². The van der Waals surface area contributed by atoms with Crippen molar-refractivity contribution in [2.24, 2.45) is 11.7 Å². The molecule has 1 atom stereocenters. The summed E-state index contributed by atoms with van der Waals surface area (Å²) in [4.78, 5) is 52.5. The zero-order chi connectivity index (χ0) is 23.8. The summed E-state index contributed by atoms with van der Waals surface area (Å²) in [6.07, 6.45) is 5.64. The molecule has 0 bridgehead atoms. The summed E-state index contributed by atoms with van der Waals surface area (Å²) in [6, 6.07) is 8.39. The quantitative estimate of drug-likeness (QED) is 0.326. The molecule has 178 valence electrons. The molecule has 0 aliphatic heterocycles. The Bertz CT molecular complexity index is 969. The van der Waals surface area contributed by atoms with Gasteiger partial charge in [-0.25, -0.2) is 0 Å². The molecule has 0 spiro atoms. The molecule has 0 radical (unpaired) electrons. The van der Waals surface area contributed by atoms with Crippen molar-refractivity contribution in [3.63, 3.8) is 0 Å². The van der Waals surface area contributed by atoms with Crippen molar-refractivity contribution in [1.29, 1.82) is 0 Å². The van der Waals surface area contributed by atoms with E-state index in [1.165, 1.54) is 6.42 Å². The lowest BCUT2D eigenvalue weighted by molar-refractivity contribution is -0.141. The number of nitrogens with two attached hydrogens (primary N) is 1. The number of alkyl halides is 1. The number of para-hydroxylation sites is 1. The first kappa shape index (κ1) is 24.6. The minimum Gasteiger partial charge on any atom is -0.370 e. The second kappa shape index (κ2) is 11.7. The zero-order valence-electron chi connectivity index (χ0n) is 18.4. The van der Waals surface area contributed by atoms with Crippen LogP contribution in [0.2, 0.25) is 0 Å². The molecule has 10 heteroatoms. The summed E-state index contributed by atoms with van der Waals surface area (Å²) < 4.78 is 0. The first-order valence-electron chi connectivity index (χ1n) is 11.2. The van der Waals surface area contributed by atoms with E-state index in [2.05, 4.69) is 15.7 Å². The molecule has 1 aromatic carbocycles. The van der Waals surface area contributed by atoms with E-state index in [9.17, 15) is 19.2 Å². The molecule has 1 aliphatic carbocycles. The molecule has 1 saturated carbocycles. The van der Waals surface area contributed by atoms with Gasteiger partial charge in [0.25, 0.3) is 17.7 Å². The van der Waals surface area contributed by atoms with E-state index >= 15 is 0 Å². The number of nitrogens with one attached hydrogen (secondary N) is 3.